The van der Waals surface area contributed by atoms with E-state index in [1.54, 1.807) is 6.07 Å². The van der Waals surface area contributed by atoms with Crippen LogP contribution in [0, 0.1) is 5.82 Å². The maximum Gasteiger partial charge on any atom is 0.130 e. The van der Waals surface area contributed by atoms with E-state index in [1.807, 2.05) is 13.0 Å². The van der Waals surface area contributed by atoms with Crippen LogP contribution in [0.1, 0.15) is 31.9 Å². The van der Waals surface area contributed by atoms with Crippen LogP contribution in [0.25, 0.3) is 0 Å². The van der Waals surface area contributed by atoms with Crippen LogP contribution in [-0.4, -0.2) is 37.6 Å². The van der Waals surface area contributed by atoms with Gasteiger partial charge in [-0.3, -0.25) is 4.90 Å². The van der Waals surface area contributed by atoms with Crippen LogP contribution in [-0.2, 0) is 0 Å². The van der Waals surface area contributed by atoms with Gasteiger partial charge in [0.25, 0.3) is 0 Å². The van der Waals surface area contributed by atoms with Gasteiger partial charge in [0.2, 0.25) is 0 Å². The molecule has 1 fully saturated rings. The number of likely N-dealkylation sites (N-methyl/N-ethyl adjacent to an activating group) is 1. The van der Waals surface area contributed by atoms with E-state index < -0.39 is 0 Å². The van der Waals surface area contributed by atoms with Gasteiger partial charge in [-0.25, -0.2) is 4.39 Å². The minimum atomic E-state index is -0.282. The van der Waals surface area contributed by atoms with Crippen LogP contribution in [0.5, 0.6) is 0 Å². The van der Waals surface area contributed by atoms with Gasteiger partial charge in [0.15, 0.2) is 0 Å². The normalized spacial score (nSPS) is 22.6. The molecule has 0 aromatic heterocycles. The lowest BCUT2D eigenvalue weighted by Gasteiger charge is -2.41. The second kappa shape index (κ2) is 5.88. The van der Waals surface area contributed by atoms with E-state index in [2.05, 4.69) is 23.8 Å². The Hall–Kier alpha value is -1.13. The quantitative estimate of drug-likeness (QED) is 0.910. The van der Waals surface area contributed by atoms with Gasteiger partial charge in [-0.15, -0.1) is 0 Å². The Kier molecular flexibility index (Phi) is 4.42. The molecule has 0 radical (unpaired) electrons. The molecule has 106 valence electrons. The number of benzene rings is 1. The van der Waals surface area contributed by atoms with Crippen molar-refractivity contribution in [2.45, 2.75) is 32.4 Å². The van der Waals surface area contributed by atoms with E-state index in [4.69, 9.17) is 5.73 Å². The molecule has 2 N–H and O–H groups in total. The lowest BCUT2D eigenvalue weighted by atomic mass is 10.0. The van der Waals surface area contributed by atoms with Crippen molar-refractivity contribution >= 4 is 5.69 Å². The Balaban J connectivity index is 2.29. The standard InChI is InChI=1S/C15H24FN3/c1-4-12-10-19(9-8-18(12)3)14-7-5-6-13(16)15(14)11(2)17/h5-7,11-12H,4,8-10,17H2,1-3H3. The molecule has 4 heteroatoms. The summed E-state index contributed by atoms with van der Waals surface area (Å²) >= 11 is 0. The lowest BCUT2D eigenvalue weighted by Crippen LogP contribution is -2.51. The molecule has 2 unspecified atom stereocenters. The van der Waals surface area contributed by atoms with Crippen LogP contribution in [0.2, 0.25) is 0 Å². The Morgan fingerprint density at radius 2 is 2.16 bits per heavy atom. The van der Waals surface area contributed by atoms with Gasteiger partial charge in [-0.2, -0.15) is 0 Å². The zero-order valence-corrected chi connectivity index (χ0v) is 12.1. The van der Waals surface area contributed by atoms with Crippen LogP contribution in [0.4, 0.5) is 10.1 Å². The van der Waals surface area contributed by atoms with Crippen molar-refractivity contribution in [1.82, 2.24) is 4.90 Å². The Bertz CT molecular complexity index is 433. The summed E-state index contributed by atoms with van der Waals surface area (Å²) in [6.45, 7) is 6.91. The molecule has 1 aromatic carbocycles. The summed E-state index contributed by atoms with van der Waals surface area (Å²) in [5, 5.41) is 0. The summed E-state index contributed by atoms with van der Waals surface area (Å²) in [7, 11) is 2.16. The van der Waals surface area contributed by atoms with Crippen LogP contribution >= 0.6 is 0 Å². The molecule has 1 aliphatic rings. The molecular formula is C15H24FN3. The molecule has 1 heterocycles. The fourth-order valence-electron chi connectivity index (χ4n) is 2.86. The monoisotopic (exact) mass is 265 g/mol. The van der Waals surface area contributed by atoms with Gasteiger partial charge in [0.05, 0.1) is 0 Å². The summed E-state index contributed by atoms with van der Waals surface area (Å²) in [6, 6.07) is 5.50. The summed E-state index contributed by atoms with van der Waals surface area (Å²) in [4.78, 5) is 4.65. The second-order valence-electron chi connectivity index (χ2n) is 5.45. The van der Waals surface area contributed by atoms with E-state index in [0.717, 1.165) is 31.7 Å². The third kappa shape index (κ3) is 2.90. The van der Waals surface area contributed by atoms with Crippen LogP contribution in [0.3, 0.4) is 0 Å². The number of halogens is 1. The largest absolute Gasteiger partial charge is 0.368 e. The van der Waals surface area contributed by atoms with Crippen molar-refractivity contribution in [1.29, 1.82) is 0 Å². The predicted molar refractivity (Wildman–Crippen MR) is 77.9 cm³/mol. The highest BCUT2D eigenvalue weighted by atomic mass is 19.1. The van der Waals surface area contributed by atoms with Crippen molar-refractivity contribution in [3.63, 3.8) is 0 Å². The first kappa shape index (κ1) is 14.3. The third-order valence-electron chi connectivity index (χ3n) is 4.07. The van der Waals surface area contributed by atoms with Gasteiger partial charge in [0.1, 0.15) is 5.82 Å². The SMILES string of the molecule is CCC1CN(c2cccc(F)c2C(C)N)CCN1C. The molecule has 0 bridgehead atoms. The van der Waals surface area contributed by atoms with Gasteiger partial charge in [-0.1, -0.05) is 13.0 Å². The highest BCUT2D eigenvalue weighted by Crippen LogP contribution is 2.29. The molecule has 1 aromatic rings. The van der Waals surface area contributed by atoms with Gasteiger partial charge in [0, 0.05) is 43.0 Å². The second-order valence-corrected chi connectivity index (χ2v) is 5.45. The molecular weight excluding hydrogens is 241 g/mol. The Labute approximate surface area is 115 Å². The van der Waals surface area contributed by atoms with Crippen molar-refractivity contribution in [2.24, 2.45) is 5.73 Å². The van der Waals surface area contributed by atoms with Crippen molar-refractivity contribution in [2.75, 3.05) is 31.6 Å². The molecule has 1 aliphatic heterocycles. The summed E-state index contributed by atoms with van der Waals surface area (Å²) in [5.74, 6) is -0.195. The smallest absolute Gasteiger partial charge is 0.130 e. The van der Waals surface area contributed by atoms with Crippen molar-refractivity contribution in [3.05, 3.63) is 29.6 Å². The lowest BCUT2D eigenvalue weighted by molar-refractivity contribution is 0.213. The predicted octanol–water partition coefficient (Wildman–Crippen LogP) is 2.38. The third-order valence-corrected chi connectivity index (χ3v) is 4.07. The molecule has 0 amide bonds. The maximum atomic E-state index is 14.0. The van der Waals surface area contributed by atoms with Gasteiger partial charge >= 0.3 is 0 Å². The first-order valence-electron chi connectivity index (χ1n) is 7.03. The number of rotatable bonds is 3. The minimum Gasteiger partial charge on any atom is -0.368 e. The van der Waals surface area contributed by atoms with E-state index >= 15 is 0 Å². The molecule has 0 aliphatic carbocycles. The van der Waals surface area contributed by atoms with E-state index in [9.17, 15) is 4.39 Å². The first-order chi connectivity index (χ1) is 9.04. The molecule has 2 rings (SSSR count). The maximum absolute atomic E-state index is 14.0. The van der Waals surface area contributed by atoms with Crippen LogP contribution in [0.15, 0.2) is 18.2 Å². The molecule has 19 heavy (non-hydrogen) atoms. The molecule has 0 spiro atoms. The summed E-state index contributed by atoms with van der Waals surface area (Å²) in [5.41, 5.74) is 7.54. The Morgan fingerprint density at radius 3 is 2.79 bits per heavy atom. The zero-order chi connectivity index (χ0) is 14.0. The fraction of sp³-hybridized carbons (Fsp3) is 0.600. The topological polar surface area (TPSA) is 32.5 Å². The van der Waals surface area contributed by atoms with E-state index in [-0.39, 0.29) is 11.9 Å². The zero-order valence-electron chi connectivity index (χ0n) is 12.1. The fourth-order valence-corrected chi connectivity index (χ4v) is 2.86. The number of hydrogen-bond donors (Lipinski definition) is 1. The molecule has 2 atom stereocenters. The highest BCUT2D eigenvalue weighted by Gasteiger charge is 2.25. The van der Waals surface area contributed by atoms with Gasteiger partial charge < -0.3 is 10.6 Å². The molecule has 0 saturated carbocycles. The highest BCUT2D eigenvalue weighted by molar-refractivity contribution is 5.56. The summed E-state index contributed by atoms with van der Waals surface area (Å²) in [6.07, 6.45) is 1.11. The number of anilines is 1. The molecule has 3 nitrogen and oxygen atoms in total. The first-order valence-corrected chi connectivity index (χ1v) is 7.03. The summed E-state index contributed by atoms with van der Waals surface area (Å²) < 4.78 is 14.0. The number of piperazine rings is 1. The van der Waals surface area contributed by atoms with Gasteiger partial charge in [-0.05, 0) is 32.5 Å². The van der Waals surface area contributed by atoms with E-state index in [1.165, 1.54) is 6.07 Å². The Morgan fingerprint density at radius 1 is 1.42 bits per heavy atom. The van der Waals surface area contributed by atoms with Crippen molar-refractivity contribution < 1.29 is 4.39 Å². The average molecular weight is 265 g/mol. The van der Waals surface area contributed by atoms with Crippen molar-refractivity contribution in [3.8, 4) is 0 Å². The minimum absolute atomic E-state index is 0.195. The molecule has 1 saturated heterocycles. The number of nitrogens with two attached hydrogens (primary N) is 1. The number of hydrogen-bond acceptors (Lipinski definition) is 3. The van der Waals surface area contributed by atoms with Crippen LogP contribution < -0.4 is 10.6 Å². The number of nitrogens with zero attached hydrogens (tertiary/aromatic N) is 2. The average Bonchev–Trinajstić information content (AvgIpc) is 2.38. The van der Waals surface area contributed by atoms with E-state index in [0.29, 0.717) is 11.6 Å².